The molecule has 5 aromatic rings. The maximum atomic E-state index is 14.7. The third-order valence-electron chi connectivity index (χ3n) is 11.1. The van der Waals surface area contributed by atoms with E-state index in [-0.39, 0.29) is 49.0 Å². The van der Waals surface area contributed by atoms with Gasteiger partial charge in [-0.2, -0.15) is 0 Å². The Kier molecular flexibility index (Phi) is 14.9. The first-order valence-corrected chi connectivity index (χ1v) is 22.8. The van der Waals surface area contributed by atoms with Gasteiger partial charge in [0.2, 0.25) is 23.5 Å². The molecule has 66 heavy (non-hydrogen) atoms. The SMILES string of the molecule is CC(C)(C)NC(=O)[C@H](NC(=O)[C@H](NC(=O)[C@@H](Cc1c[nH]c2cc(B3OC(C)(C)C(C)(C)O3)ccc12)NC(=O)C(=O)c1cc(Cl)c(O)c(Cl)c1)c1cc(Cl)c(O)c(Cl)c1)c1ccc(O)c(I)c1. The Labute approximate surface area is 413 Å². The van der Waals surface area contributed by atoms with Crippen molar-refractivity contribution in [1.82, 2.24) is 26.3 Å². The highest BCUT2D eigenvalue weighted by Crippen LogP contribution is 2.38. The monoisotopic (exact) mass is 1090 g/mol. The van der Waals surface area contributed by atoms with Gasteiger partial charge in [-0.05, 0) is 136 Å². The molecule has 0 bridgehead atoms. The molecular weight excluding hydrogens is 1050 g/mol. The number of benzene rings is 4. The van der Waals surface area contributed by atoms with E-state index in [2.05, 4.69) is 26.3 Å². The zero-order valence-corrected chi connectivity index (χ0v) is 41.6. The molecule has 348 valence electrons. The molecule has 8 N–H and O–H groups in total. The lowest BCUT2D eigenvalue weighted by molar-refractivity contribution is -0.133. The molecule has 15 nitrogen and oxygen atoms in total. The van der Waals surface area contributed by atoms with Gasteiger partial charge in [-0.1, -0.05) is 64.6 Å². The predicted molar refractivity (Wildman–Crippen MR) is 261 cm³/mol. The summed E-state index contributed by atoms with van der Waals surface area (Å²) >= 11 is 26.7. The summed E-state index contributed by atoms with van der Waals surface area (Å²) in [5, 5.41) is 40.9. The highest BCUT2D eigenvalue weighted by atomic mass is 127. The van der Waals surface area contributed by atoms with E-state index in [9.17, 15) is 39.3 Å². The smallest absolute Gasteiger partial charge is 0.494 e. The number of aromatic nitrogens is 1. The fourth-order valence-electron chi connectivity index (χ4n) is 6.94. The summed E-state index contributed by atoms with van der Waals surface area (Å²) in [4.78, 5) is 73.7. The molecule has 1 aliphatic heterocycles. The fraction of sp³-hybridized carbons (Fsp3) is 0.311. The van der Waals surface area contributed by atoms with Crippen molar-refractivity contribution >= 4 is 122 Å². The molecular formula is C45H45BCl4IN5O10. The van der Waals surface area contributed by atoms with Gasteiger partial charge in [-0.3, -0.25) is 24.0 Å². The second-order valence-corrected chi connectivity index (χ2v) is 20.5. The lowest BCUT2D eigenvalue weighted by atomic mass is 9.78. The number of aromatic hydroxyl groups is 3. The number of H-pyrrole nitrogens is 1. The number of aromatic amines is 1. The van der Waals surface area contributed by atoms with Crippen molar-refractivity contribution in [1.29, 1.82) is 0 Å². The van der Waals surface area contributed by atoms with Crippen LogP contribution < -0.4 is 26.7 Å². The third kappa shape index (κ3) is 11.2. The van der Waals surface area contributed by atoms with Crippen LogP contribution in [0.1, 0.15) is 87.6 Å². The topological polar surface area (TPSA) is 228 Å². The van der Waals surface area contributed by atoms with E-state index in [1.54, 1.807) is 39.1 Å². The number of carbonyl (C=O) groups is 5. The molecule has 2 heterocycles. The molecule has 0 saturated carbocycles. The second kappa shape index (κ2) is 19.5. The standard InChI is InChI=1S/C45H45BCl4IN5O10/c1-43(2,3)56-41(63)34(20-8-11-33(57)30(51)16-20)55-40(62)35(21-12-26(47)37(59)27(48)13-21)54-39(61)32(53-42(64)36(58)22-14-28(49)38(60)29(50)15-22)17-23-19-52-31-18-24(9-10-25(23)31)46-65-44(4,5)45(6,7)66-46/h8-16,18-19,32,34-35,52,57,59-60H,17H2,1-7H3,(H,53,64)(H,54,61)(H,55,62)(H,56,63)/t32-,34-,35-/m1/s1. The largest absolute Gasteiger partial charge is 0.507 e. The van der Waals surface area contributed by atoms with Crippen LogP contribution in [-0.2, 0) is 34.9 Å². The molecule has 4 aromatic carbocycles. The van der Waals surface area contributed by atoms with E-state index in [1.807, 2.05) is 56.4 Å². The van der Waals surface area contributed by atoms with Crippen LogP contribution in [0.2, 0.25) is 20.1 Å². The number of phenols is 3. The van der Waals surface area contributed by atoms with Crippen LogP contribution in [0.15, 0.2) is 66.9 Å². The summed E-state index contributed by atoms with van der Waals surface area (Å²) in [6.07, 6.45) is 1.36. The summed E-state index contributed by atoms with van der Waals surface area (Å²) in [5.74, 6) is -6.10. The highest BCUT2D eigenvalue weighted by Gasteiger charge is 2.51. The molecule has 0 aliphatic carbocycles. The van der Waals surface area contributed by atoms with Crippen molar-refractivity contribution in [2.45, 2.75) is 89.8 Å². The number of nitrogens with one attached hydrogen (secondary N) is 5. The molecule has 1 fully saturated rings. The minimum atomic E-state index is -1.72. The van der Waals surface area contributed by atoms with E-state index in [0.29, 0.717) is 25.5 Å². The number of halogens is 5. The summed E-state index contributed by atoms with van der Waals surface area (Å²) in [6, 6.07) is 9.48. The maximum Gasteiger partial charge on any atom is 0.494 e. The van der Waals surface area contributed by atoms with Crippen LogP contribution in [0.4, 0.5) is 0 Å². The summed E-state index contributed by atoms with van der Waals surface area (Å²) in [6.45, 7) is 13.0. The number of ketones is 1. The zero-order chi connectivity index (χ0) is 48.8. The normalized spacial score (nSPS) is 15.7. The second-order valence-electron chi connectivity index (χ2n) is 17.7. The molecule has 4 amide bonds. The van der Waals surface area contributed by atoms with Crippen LogP contribution in [0.25, 0.3) is 10.9 Å². The first-order chi connectivity index (χ1) is 30.7. The number of hydrogen-bond donors (Lipinski definition) is 8. The first kappa shape index (κ1) is 50.7. The minimum absolute atomic E-state index is 0.0409. The molecule has 1 saturated heterocycles. The van der Waals surface area contributed by atoms with Crippen molar-refractivity contribution < 1.29 is 48.6 Å². The highest BCUT2D eigenvalue weighted by molar-refractivity contribution is 14.1. The number of Topliss-reactive ketones (excluding diaryl/α,β-unsaturated/α-hetero) is 1. The van der Waals surface area contributed by atoms with Crippen molar-refractivity contribution in [3.05, 3.63) is 113 Å². The zero-order valence-electron chi connectivity index (χ0n) is 36.5. The van der Waals surface area contributed by atoms with E-state index >= 15 is 0 Å². The molecule has 0 unspecified atom stereocenters. The predicted octanol–water partition coefficient (Wildman–Crippen LogP) is 7.34. The molecule has 6 rings (SSSR count). The van der Waals surface area contributed by atoms with E-state index in [4.69, 9.17) is 55.7 Å². The third-order valence-corrected chi connectivity index (χ3v) is 13.1. The van der Waals surface area contributed by atoms with Crippen molar-refractivity contribution in [2.24, 2.45) is 0 Å². The quantitative estimate of drug-likeness (QED) is 0.0253. The van der Waals surface area contributed by atoms with Crippen molar-refractivity contribution in [3.63, 3.8) is 0 Å². The van der Waals surface area contributed by atoms with Crippen LogP contribution in [0, 0.1) is 3.57 Å². The van der Waals surface area contributed by atoms with Gasteiger partial charge >= 0.3 is 7.12 Å². The Morgan fingerprint density at radius 3 is 1.83 bits per heavy atom. The van der Waals surface area contributed by atoms with Gasteiger partial charge in [0.15, 0.2) is 11.5 Å². The van der Waals surface area contributed by atoms with Gasteiger partial charge in [0.1, 0.15) is 23.9 Å². The Bertz CT molecular complexity index is 2720. The Balaban J connectivity index is 1.39. The molecule has 0 radical (unpaired) electrons. The molecule has 1 aromatic heterocycles. The number of amides is 4. The number of rotatable bonds is 13. The first-order valence-electron chi connectivity index (χ1n) is 20.2. The van der Waals surface area contributed by atoms with Crippen LogP contribution in [0.3, 0.4) is 0 Å². The lowest BCUT2D eigenvalue weighted by Crippen LogP contribution is -2.53. The van der Waals surface area contributed by atoms with Gasteiger partial charge in [-0.15, -0.1) is 0 Å². The van der Waals surface area contributed by atoms with E-state index in [1.165, 1.54) is 30.3 Å². The van der Waals surface area contributed by atoms with Crippen LogP contribution >= 0.6 is 69.0 Å². The Morgan fingerprint density at radius 2 is 1.27 bits per heavy atom. The van der Waals surface area contributed by atoms with Crippen LogP contribution in [0.5, 0.6) is 17.2 Å². The van der Waals surface area contributed by atoms with E-state index < -0.39 is 82.9 Å². The molecule has 3 atom stereocenters. The summed E-state index contributed by atoms with van der Waals surface area (Å²) < 4.78 is 12.9. The number of phenolic OH excluding ortho intramolecular Hbond substituents is 3. The maximum absolute atomic E-state index is 14.7. The van der Waals surface area contributed by atoms with Gasteiger partial charge in [0.05, 0.1) is 34.9 Å². The lowest BCUT2D eigenvalue weighted by Gasteiger charge is -2.32. The van der Waals surface area contributed by atoms with Crippen LogP contribution in [-0.4, -0.2) is 79.6 Å². The van der Waals surface area contributed by atoms with Gasteiger partial charge in [-0.25, -0.2) is 0 Å². The fourth-order valence-corrected chi connectivity index (χ4v) is 8.47. The Morgan fingerprint density at radius 1 is 0.727 bits per heavy atom. The van der Waals surface area contributed by atoms with Crippen molar-refractivity contribution in [2.75, 3.05) is 0 Å². The summed E-state index contributed by atoms with van der Waals surface area (Å²) in [7, 11) is -0.682. The average Bonchev–Trinajstić information content (AvgIpc) is 3.73. The molecule has 1 aliphatic rings. The summed E-state index contributed by atoms with van der Waals surface area (Å²) in [5.41, 5.74) is -0.175. The number of fused-ring (bicyclic) bond motifs is 1. The van der Waals surface area contributed by atoms with E-state index in [0.717, 1.165) is 12.1 Å². The minimum Gasteiger partial charge on any atom is -0.507 e. The Hall–Kier alpha value is -4.76. The van der Waals surface area contributed by atoms with Crippen molar-refractivity contribution in [3.8, 4) is 17.2 Å². The van der Waals surface area contributed by atoms with Gasteiger partial charge in [0.25, 0.3) is 5.91 Å². The van der Waals surface area contributed by atoms with Gasteiger partial charge < -0.3 is 50.9 Å². The number of hydrogen-bond acceptors (Lipinski definition) is 10. The van der Waals surface area contributed by atoms with Gasteiger partial charge in [0, 0.05) is 34.6 Å². The number of carbonyl (C=O) groups excluding carboxylic acids is 5. The molecule has 21 heteroatoms. The molecule has 0 spiro atoms. The average molecular weight is 1100 g/mol.